The van der Waals surface area contributed by atoms with E-state index in [4.69, 9.17) is 10.8 Å². The minimum Gasteiger partial charge on any atom is -0.478 e. The molecule has 0 atom stereocenters. The molecule has 0 saturated carbocycles. The van der Waals surface area contributed by atoms with E-state index in [0.29, 0.717) is 21.7 Å². The van der Waals surface area contributed by atoms with E-state index >= 15 is 0 Å². The normalized spacial score (nSPS) is 12.9. The molecule has 0 saturated heterocycles. The van der Waals surface area contributed by atoms with Gasteiger partial charge in [0.15, 0.2) is 0 Å². The summed E-state index contributed by atoms with van der Waals surface area (Å²) in [5.74, 6) is -1.69. The van der Waals surface area contributed by atoms with Gasteiger partial charge in [-0.05, 0) is 42.0 Å². The summed E-state index contributed by atoms with van der Waals surface area (Å²) in [6.07, 6.45) is 0. The second-order valence-electron chi connectivity index (χ2n) is 6.19. The third kappa shape index (κ3) is 2.85. The fourth-order valence-corrected chi connectivity index (χ4v) is 5.65. The van der Waals surface area contributed by atoms with Crippen LogP contribution in [0.2, 0.25) is 0 Å². The molecule has 0 fully saturated rings. The Balaban J connectivity index is 1.83. The van der Waals surface area contributed by atoms with Crippen LogP contribution in [0.3, 0.4) is 0 Å². The Hall–Kier alpha value is -3.17. The zero-order valence-corrected chi connectivity index (χ0v) is 16.0. The number of nitrogens with two attached hydrogens (primary N) is 1. The van der Waals surface area contributed by atoms with Crippen LogP contribution in [0.25, 0.3) is 10.4 Å². The van der Waals surface area contributed by atoms with Gasteiger partial charge in [-0.1, -0.05) is 18.2 Å². The number of hydrogen-bond acceptors (Lipinski definition) is 5. The fraction of sp³-hybridized carbons (Fsp3) is 0.0526. The summed E-state index contributed by atoms with van der Waals surface area (Å²) < 4.78 is 27.8. The molecule has 142 valence electrons. The van der Waals surface area contributed by atoms with Crippen molar-refractivity contribution in [2.45, 2.75) is 11.4 Å². The van der Waals surface area contributed by atoms with E-state index in [2.05, 4.69) is 0 Å². The van der Waals surface area contributed by atoms with Crippen molar-refractivity contribution in [1.82, 2.24) is 0 Å². The first kappa shape index (κ1) is 18.2. The maximum absolute atomic E-state index is 13.3. The number of rotatable bonds is 4. The standard InChI is InChI=1S/C19H14N2O5S2/c20-18(22)16-9-12-10-21(15-4-2-1-3-14(15)17(12)27-16)28(25,26)13-7-5-11(6-8-13)19(23)24/h1-9H,10H2,(H2,20,22)(H,23,24). The molecule has 1 aromatic heterocycles. The summed E-state index contributed by atoms with van der Waals surface area (Å²) in [7, 11) is -3.94. The van der Waals surface area contributed by atoms with Gasteiger partial charge in [0.25, 0.3) is 15.9 Å². The van der Waals surface area contributed by atoms with E-state index in [0.717, 1.165) is 4.88 Å². The zero-order valence-electron chi connectivity index (χ0n) is 14.3. The van der Waals surface area contributed by atoms with Gasteiger partial charge in [0.2, 0.25) is 0 Å². The van der Waals surface area contributed by atoms with Crippen LogP contribution in [0.4, 0.5) is 5.69 Å². The number of carbonyl (C=O) groups is 2. The number of thiophene rings is 1. The summed E-state index contributed by atoms with van der Waals surface area (Å²) in [6.45, 7) is 0.0547. The number of amides is 1. The third-order valence-electron chi connectivity index (χ3n) is 4.47. The van der Waals surface area contributed by atoms with E-state index in [9.17, 15) is 18.0 Å². The van der Waals surface area contributed by atoms with Gasteiger partial charge in [0, 0.05) is 10.4 Å². The molecule has 2 heterocycles. The highest BCUT2D eigenvalue weighted by Crippen LogP contribution is 2.45. The lowest BCUT2D eigenvalue weighted by atomic mass is 10.0. The Labute approximate surface area is 164 Å². The monoisotopic (exact) mass is 414 g/mol. The maximum atomic E-state index is 13.3. The number of nitrogens with zero attached hydrogens (tertiary/aromatic N) is 1. The van der Waals surface area contributed by atoms with Gasteiger partial charge in [-0.15, -0.1) is 11.3 Å². The molecule has 0 bridgehead atoms. The Kier molecular flexibility index (Phi) is 4.20. The first-order valence-corrected chi connectivity index (χ1v) is 10.4. The largest absolute Gasteiger partial charge is 0.478 e. The Bertz CT molecular complexity index is 1210. The molecule has 0 aliphatic carbocycles. The van der Waals surface area contributed by atoms with Crippen LogP contribution in [0.15, 0.2) is 59.5 Å². The molecule has 1 aliphatic heterocycles. The highest BCUT2D eigenvalue weighted by atomic mass is 32.2. The van der Waals surface area contributed by atoms with Crippen LogP contribution in [0.5, 0.6) is 0 Å². The van der Waals surface area contributed by atoms with Gasteiger partial charge in [-0.3, -0.25) is 9.10 Å². The number of fused-ring (bicyclic) bond motifs is 3. The second-order valence-corrected chi connectivity index (χ2v) is 9.10. The van der Waals surface area contributed by atoms with Crippen molar-refractivity contribution < 1.29 is 23.1 Å². The number of carbonyl (C=O) groups excluding carboxylic acids is 1. The molecule has 2 aromatic carbocycles. The number of carboxylic acid groups (broad SMARTS) is 1. The van der Waals surface area contributed by atoms with Gasteiger partial charge < -0.3 is 10.8 Å². The van der Waals surface area contributed by atoms with Crippen molar-refractivity contribution in [1.29, 1.82) is 0 Å². The number of aromatic carboxylic acids is 1. The van der Waals surface area contributed by atoms with Gasteiger partial charge in [-0.2, -0.15) is 0 Å². The summed E-state index contributed by atoms with van der Waals surface area (Å²) >= 11 is 1.24. The van der Waals surface area contributed by atoms with Crippen LogP contribution >= 0.6 is 11.3 Å². The number of hydrogen-bond donors (Lipinski definition) is 2. The topological polar surface area (TPSA) is 118 Å². The van der Waals surface area contributed by atoms with Crippen LogP contribution in [-0.2, 0) is 16.6 Å². The van der Waals surface area contributed by atoms with Gasteiger partial charge in [0.05, 0.1) is 27.6 Å². The minimum atomic E-state index is -3.94. The number of anilines is 1. The molecule has 3 aromatic rings. The van der Waals surface area contributed by atoms with Crippen molar-refractivity contribution in [3.63, 3.8) is 0 Å². The Morgan fingerprint density at radius 2 is 1.75 bits per heavy atom. The fourth-order valence-electron chi connectivity index (χ4n) is 3.13. The number of benzene rings is 2. The lowest BCUT2D eigenvalue weighted by molar-refractivity contribution is 0.0696. The van der Waals surface area contributed by atoms with E-state index in [1.807, 2.05) is 0 Å². The van der Waals surface area contributed by atoms with Crippen LogP contribution in [0.1, 0.15) is 25.6 Å². The highest BCUT2D eigenvalue weighted by Gasteiger charge is 2.33. The average Bonchev–Trinajstić information content (AvgIpc) is 3.12. The summed E-state index contributed by atoms with van der Waals surface area (Å²) in [5, 5.41) is 9.02. The van der Waals surface area contributed by atoms with E-state index in [1.165, 1.54) is 39.9 Å². The molecule has 7 nitrogen and oxygen atoms in total. The molecular formula is C19H14N2O5S2. The van der Waals surface area contributed by atoms with E-state index in [-0.39, 0.29) is 17.0 Å². The van der Waals surface area contributed by atoms with Crippen LogP contribution < -0.4 is 10.0 Å². The molecule has 0 radical (unpaired) electrons. The zero-order chi connectivity index (χ0) is 20.1. The predicted molar refractivity (Wildman–Crippen MR) is 105 cm³/mol. The molecule has 3 N–H and O–H groups in total. The molecule has 1 aliphatic rings. The van der Waals surface area contributed by atoms with Crippen molar-refractivity contribution in [2.24, 2.45) is 5.73 Å². The smallest absolute Gasteiger partial charge is 0.335 e. The van der Waals surface area contributed by atoms with E-state index < -0.39 is 21.9 Å². The van der Waals surface area contributed by atoms with Crippen molar-refractivity contribution in [3.8, 4) is 10.4 Å². The Morgan fingerprint density at radius 3 is 2.39 bits per heavy atom. The predicted octanol–water partition coefficient (Wildman–Crippen LogP) is 2.92. The molecule has 1 amide bonds. The van der Waals surface area contributed by atoms with Gasteiger partial charge >= 0.3 is 5.97 Å². The van der Waals surface area contributed by atoms with E-state index in [1.54, 1.807) is 30.3 Å². The molecule has 0 spiro atoms. The minimum absolute atomic E-state index is 0.00390. The third-order valence-corrected chi connectivity index (χ3v) is 7.47. The molecular weight excluding hydrogens is 400 g/mol. The SMILES string of the molecule is NC(=O)c1cc2c(s1)-c1ccccc1N(S(=O)(=O)c1ccc(C(=O)O)cc1)C2. The number of para-hydroxylation sites is 1. The number of primary amides is 1. The van der Waals surface area contributed by atoms with Crippen molar-refractivity contribution in [2.75, 3.05) is 4.31 Å². The van der Waals surface area contributed by atoms with Gasteiger partial charge in [-0.25, -0.2) is 13.2 Å². The highest BCUT2D eigenvalue weighted by molar-refractivity contribution is 7.92. The van der Waals surface area contributed by atoms with Gasteiger partial charge in [0.1, 0.15) is 0 Å². The molecule has 9 heteroatoms. The quantitative estimate of drug-likeness (QED) is 0.681. The second kappa shape index (κ2) is 6.47. The first-order chi connectivity index (χ1) is 13.3. The van der Waals surface area contributed by atoms with Crippen molar-refractivity contribution in [3.05, 3.63) is 70.6 Å². The molecule has 4 rings (SSSR count). The summed E-state index contributed by atoms with van der Waals surface area (Å²) in [5.41, 5.74) is 7.29. The van der Waals surface area contributed by atoms with Crippen LogP contribution in [-0.4, -0.2) is 25.4 Å². The molecule has 0 unspecified atom stereocenters. The average molecular weight is 414 g/mol. The lowest BCUT2D eigenvalue weighted by Gasteiger charge is -2.30. The molecule has 28 heavy (non-hydrogen) atoms. The number of carboxylic acids is 1. The maximum Gasteiger partial charge on any atom is 0.335 e. The number of sulfonamides is 1. The first-order valence-electron chi connectivity index (χ1n) is 8.17. The van der Waals surface area contributed by atoms with Crippen molar-refractivity contribution >= 4 is 38.9 Å². The summed E-state index contributed by atoms with van der Waals surface area (Å²) in [4.78, 5) is 23.8. The Morgan fingerprint density at radius 1 is 1.07 bits per heavy atom. The summed E-state index contributed by atoms with van der Waals surface area (Å²) in [6, 6.07) is 13.7. The van der Waals surface area contributed by atoms with Crippen LogP contribution in [0, 0.1) is 0 Å². The lowest BCUT2D eigenvalue weighted by Crippen LogP contribution is -2.32.